The summed E-state index contributed by atoms with van der Waals surface area (Å²) >= 11 is 1.19. The average molecular weight is 468 g/mol. The number of alkyl halides is 3. The van der Waals surface area contributed by atoms with Crippen molar-refractivity contribution in [1.82, 2.24) is 15.0 Å². The third-order valence-electron chi connectivity index (χ3n) is 4.91. The number of nitrogens with one attached hydrogen (secondary N) is 1. The van der Waals surface area contributed by atoms with Gasteiger partial charge in [-0.25, -0.2) is 4.98 Å². The lowest BCUT2D eigenvalue weighted by Gasteiger charge is -2.32. The maximum absolute atomic E-state index is 13.2. The summed E-state index contributed by atoms with van der Waals surface area (Å²) in [5.74, 6) is -0.464. The molecule has 0 atom stereocenters. The third kappa shape index (κ3) is 4.85. The predicted octanol–water partition coefficient (Wildman–Crippen LogP) is 3.51. The minimum absolute atomic E-state index is 0.157. The largest absolute Gasteiger partial charge is 0.490 e. The fraction of sp³-hybridized carbons (Fsp3) is 0.400. The van der Waals surface area contributed by atoms with E-state index < -0.39 is 17.7 Å². The lowest BCUT2D eigenvalue weighted by Crippen LogP contribution is -2.38. The van der Waals surface area contributed by atoms with Gasteiger partial charge in [0.2, 0.25) is 0 Å². The van der Waals surface area contributed by atoms with E-state index in [1.165, 1.54) is 36.5 Å². The molecule has 3 heterocycles. The highest BCUT2D eigenvalue weighted by Gasteiger charge is 2.35. The number of esters is 1. The highest BCUT2D eigenvalue weighted by molar-refractivity contribution is 7.22. The Kier molecular flexibility index (Phi) is 6.04. The molecule has 1 aliphatic rings. The van der Waals surface area contributed by atoms with E-state index in [0.29, 0.717) is 35.8 Å². The fourth-order valence-electron chi connectivity index (χ4n) is 3.39. The summed E-state index contributed by atoms with van der Waals surface area (Å²) in [6.45, 7) is 2.12. The van der Waals surface area contributed by atoms with Crippen molar-refractivity contribution in [3.8, 4) is 5.75 Å². The van der Waals surface area contributed by atoms with E-state index in [1.54, 1.807) is 0 Å². The minimum Gasteiger partial charge on any atom is -0.490 e. The second-order valence-corrected chi connectivity index (χ2v) is 8.22. The minimum atomic E-state index is -4.48. The smallest absolute Gasteiger partial charge is 0.419 e. The molecule has 0 saturated carbocycles. The van der Waals surface area contributed by atoms with Crippen molar-refractivity contribution in [1.29, 1.82) is 0 Å². The number of carbonyl (C=O) groups is 1. The Bertz CT molecular complexity index is 1190. The summed E-state index contributed by atoms with van der Waals surface area (Å²) in [4.78, 5) is 36.5. The summed E-state index contributed by atoms with van der Waals surface area (Å²) in [6, 6.07) is 5.18. The zero-order valence-corrected chi connectivity index (χ0v) is 17.8. The van der Waals surface area contributed by atoms with Crippen molar-refractivity contribution in [3.05, 3.63) is 46.0 Å². The van der Waals surface area contributed by atoms with E-state index >= 15 is 0 Å². The highest BCUT2D eigenvalue weighted by atomic mass is 32.1. The first-order valence-electron chi connectivity index (χ1n) is 9.81. The number of aromatic amines is 1. The van der Waals surface area contributed by atoms with Gasteiger partial charge in [-0.2, -0.15) is 18.2 Å². The van der Waals surface area contributed by atoms with Crippen LogP contribution in [0.25, 0.3) is 10.3 Å². The van der Waals surface area contributed by atoms with Crippen LogP contribution in [0, 0.1) is 0 Å². The Morgan fingerprint density at radius 2 is 1.97 bits per heavy atom. The average Bonchev–Trinajstić information content (AvgIpc) is 3.17. The summed E-state index contributed by atoms with van der Waals surface area (Å²) in [7, 11) is 0. The summed E-state index contributed by atoms with van der Waals surface area (Å²) in [5.41, 5.74) is -0.903. The number of anilines is 1. The van der Waals surface area contributed by atoms with Gasteiger partial charge in [-0.15, -0.1) is 0 Å². The Morgan fingerprint density at radius 1 is 1.25 bits per heavy atom. The van der Waals surface area contributed by atoms with E-state index in [1.807, 2.05) is 4.90 Å². The van der Waals surface area contributed by atoms with Crippen molar-refractivity contribution >= 4 is 32.8 Å². The van der Waals surface area contributed by atoms with Crippen LogP contribution in [0.4, 0.5) is 18.3 Å². The number of piperidine rings is 1. The molecular formula is C20H19F3N4O4S. The van der Waals surface area contributed by atoms with Crippen LogP contribution >= 0.6 is 11.3 Å². The van der Waals surface area contributed by atoms with Crippen LogP contribution in [0.3, 0.4) is 0 Å². The van der Waals surface area contributed by atoms with Crippen LogP contribution in [0.5, 0.6) is 5.75 Å². The first-order chi connectivity index (χ1) is 15.2. The van der Waals surface area contributed by atoms with Gasteiger partial charge in [0.15, 0.2) is 10.8 Å². The molecule has 0 unspecified atom stereocenters. The lowest BCUT2D eigenvalue weighted by molar-refractivity contribution is -0.142. The number of carbonyl (C=O) groups excluding carboxylic acids is 1. The molecule has 1 aromatic carbocycles. The molecule has 12 heteroatoms. The number of ether oxygens (including phenoxy) is 2. The third-order valence-corrected chi connectivity index (χ3v) is 6.02. The first kappa shape index (κ1) is 22.1. The molecule has 0 bridgehead atoms. The zero-order valence-electron chi connectivity index (χ0n) is 16.9. The van der Waals surface area contributed by atoms with Crippen molar-refractivity contribution in [2.24, 2.45) is 0 Å². The van der Waals surface area contributed by atoms with Crippen molar-refractivity contribution < 1.29 is 27.4 Å². The van der Waals surface area contributed by atoms with E-state index in [9.17, 15) is 22.8 Å². The van der Waals surface area contributed by atoms with Gasteiger partial charge in [-0.05, 0) is 12.1 Å². The van der Waals surface area contributed by atoms with Crippen LogP contribution in [0.15, 0.2) is 29.1 Å². The second kappa shape index (κ2) is 8.77. The van der Waals surface area contributed by atoms with Gasteiger partial charge in [0.25, 0.3) is 5.56 Å². The fourth-order valence-corrected chi connectivity index (χ4v) is 4.34. The number of rotatable bonds is 5. The van der Waals surface area contributed by atoms with Gasteiger partial charge >= 0.3 is 12.1 Å². The summed E-state index contributed by atoms with van der Waals surface area (Å²) in [6.07, 6.45) is -3.83. The number of aromatic nitrogens is 3. The summed E-state index contributed by atoms with van der Waals surface area (Å²) < 4.78 is 50.4. The van der Waals surface area contributed by atoms with Crippen molar-refractivity contribution in [2.45, 2.75) is 38.7 Å². The molecular weight excluding hydrogens is 449 g/mol. The van der Waals surface area contributed by atoms with Crippen LogP contribution < -0.4 is 15.2 Å². The number of halogens is 3. The van der Waals surface area contributed by atoms with Gasteiger partial charge < -0.3 is 19.4 Å². The molecule has 8 nitrogen and oxygen atoms in total. The zero-order chi connectivity index (χ0) is 22.9. The first-order valence-corrected chi connectivity index (χ1v) is 10.6. The van der Waals surface area contributed by atoms with Crippen LogP contribution in [0.1, 0.15) is 31.2 Å². The SMILES string of the molecule is CC(=O)OCc1nc2nc(N3CCC(Oc4ccccc4C(F)(F)F)CC3)sc2c(=O)[nH]1. The molecule has 1 N–H and O–H groups in total. The van der Waals surface area contributed by atoms with E-state index in [0.717, 1.165) is 6.07 Å². The number of hydrogen-bond donors (Lipinski definition) is 1. The Morgan fingerprint density at radius 3 is 2.66 bits per heavy atom. The Hall–Kier alpha value is -3.15. The standard InChI is InChI=1S/C20H19F3N4O4S/c1-11(28)30-10-15-24-17-16(18(29)25-15)32-19(26-17)27-8-6-12(7-9-27)31-14-5-3-2-4-13(14)20(21,22)23/h2-5,12H,6-10H2,1H3,(H,24,25,29). The van der Waals surface area contributed by atoms with E-state index in [4.69, 9.17) is 9.47 Å². The molecule has 0 aliphatic carbocycles. The molecule has 2 aromatic heterocycles. The Labute approximate surface area is 184 Å². The number of benzene rings is 1. The quantitative estimate of drug-likeness (QED) is 0.573. The molecule has 0 amide bonds. The monoisotopic (exact) mass is 468 g/mol. The van der Waals surface area contributed by atoms with Crippen molar-refractivity contribution in [2.75, 3.05) is 18.0 Å². The molecule has 170 valence electrons. The second-order valence-electron chi connectivity index (χ2n) is 7.24. The van der Waals surface area contributed by atoms with E-state index in [2.05, 4.69) is 15.0 Å². The van der Waals surface area contributed by atoms with Crippen LogP contribution in [0.2, 0.25) is 0 Å². The predicted molar refractivity (Wildman–Crippen MR) is 111 cm³/mol. The maximum atomic E-state index is 13.2. The van der Waals surface area contributed by atoms with Gasteiger partial charge in [-0.3, -0.25) is 9.59 Å². The number of fused-ring (bicyclic) bond motifs is 1. The molecule has 0 radical (unpaired) electrons. The number of nitrogens with zero attached hydrogens (tertiary/aromatic N) is 3. The molecule has 32 heavy (non-hydrogen) atoms. The topological polar surface area (TPSA) is 97.4 Å². The molecule has 0 spiro atoms. The maximum Gasteiger partial charge on any atom is 0.419 e. The lowest BCUT2D eigenvalue weighted by atomic mass is 10.1. The molecule has 3 aromatic rings. The highest BCUT2D eigenvalue weighted by Crippen LogP contribution is 2.37. The Balaban J connectivity index is 1.44. The van der Waals surface area contributed by atoms with Crippen LogP contribution in [-0.4, -0.2) is 40.1 Å². The van der Waals surface area contributed by atoms with Gasteiger partial charge in [0.05, 0.1) is 5.56 Å². The number of H-pyrrole nitrogens is 1. The number of para-hydroxylation sites is 1. The van der Waals surface area contributed by atoms with Gasteiger partial charge in [0.1, 0.15) is 29.0 Å². The summed E-state index contributed by atoms with van der Waals surface area (Å²) in [5, 5.41) is 0.594. The number of thiazole rings is 1. The molecule has 1 saturated heterocycles. The van der Waals surface area contributed by atoms with Gasteiger partial charge in [0, 0.05) is 32.9 Å². The normalized spacial score (nSPS) is 15.2. The van der Waals surface area contributed by atoms with Crippen molar-refractivity contribution in [3.63, 3.8) is 0 Å². The molecule has 1 aliphatic heterocycles. The van der Waals surface area contributed by atoms with E-state index in [-0.39, 0.29) is 35.5 Å². The van der Waals surface area contributed by atoms with Crippen LogP contribution in [-0.2, 0) is 22.3 Å². The molecule has 4 rings (SSSR count). The number of hydrogen-bond acceptors (Lipinski definition) is 8. The van der Waals surface area contributed by atoms with Gasteiger partial charge in [-0.1, -0.05) is 23.5 Å². The molecule has 1 fully saturated rings.